The molecule has 0 aliphatic carbocycles. The van der Waals surface area contributed by atoms with Gasteiger partial charge >= 0.3 is 0 Å². The number of hydrogen-bond acceptors (Lipinski definition) is 1. The highest BCUT2D eigenvalue weighted by Crippen LogP contribution is 2.29. The molecule has 2 heteroatoms. The van der Waals surface area contributed by atoms with Crippen molar-refractivity contribution in [2.45, 2.75) is 0 Å². The number of aromatic nitrogens is 1. The fourth-order valence-corrected chi connectivity index (χ4v) is 2.86. The Morgan fingerprint density at radius 2 is 1.52 bits per heavy atom. The molecule has 0 unspecified atom stereocenters. The molecule has 2 nitrogen and oxygen atoms in total. The van der Waals surface area contributed by atoms with Gasteiger partial charge in [-0.15, -0.1) is 0 Å². The molecule has 0 atom stereocenters. The fourth-order valence-electron chi connectivity index (χ4n) is 2.86. The van der Waals surface area contributed by atoms with E-state index in [0.29, 0.717) is 0 Å². The van der Waals surface area contributed by atoms with E-state index in [1.165, 1.54) is 21.7 Å². The van der Waals surface area contributed by atoms with Crippen molar-refractivity contribution in [3.05, 3.63) is 72.9 Å². The van der Waals surface area contributed by atoms with Gasteiger partial charge in [0.1, 0.15) is 5.75 Å². The Kier molecular flexibility index (Phi) is 2.68. The van der Waals surface area contributed by atoms with Crippen LogP contribution in [0.3, 0.4) is 0 Å². The van der Waals surface area contributed by atoms with Crippen molar-refractivity contribution in [2.24, 2.45) is 0 Å². The third kappa shape index (κ3) is 1.88. The third-order valence-corrected chi connectivity index (χ3v) is 3.93. The number of nitrogens with zero attached hydrogens (tertiary/aromatic N) is 1. The Bertz CT molecular complexity index is 919. The van der Waals surface area contributed by atoms with Crippen molar-refractivity contribution in [2.75, 3.05) is 7.11 Å². The van der Waals surface area contributed by atoms with Crippen molar-refractivity contribution < 1.29 is 4.74 Å². The summed E-state index contributed by atoms with van der Waals surface area (Å²) in [7, 11) is 1.69. The predicted octanol–water partition coefficient (Wildman–Crippen LogP) is 4.79. The average molecular weight is 273 g/mol. The van der Waals surface area contributed by atoms with E-state index in [-0.39, 0.29) is 0 Å². The topological polar surface area (TPSA) is 14.2 Å². The zero-order chi connectivity index (χ0) is 14.2. The largest absolute Gasteiger partial charge is 0.497 e. The Morgan fingerprint density at radius 1 is 0.762 bits per heavy atom. The van der Waals surface area contributed by atoms with Crippen molar-refractivity contribution in [1.29, 1.82) is 0 Å². The first-order valence-corrected chi connectivity index (χ1v) is 7.00. The van der Waals surface area contributed by atoms with Gasteiger partial charge in [0.15, 0.2) is 0 Å². The van der Waals surface area contributed by atoms with Gasteiger partial charge in [0.2, 0.25) is 0 Å². The molecule has 102 valence electrons. The molecule has 0 saturated carbocycles. The summed E-state index contributed by atoms with van der Waals surface area (Å²) in [6.07, 6.45) is 2.12. The Morgan fingerprint density at radius 3 is 2.33 bits per heavy atom. The molecule has 0 saturated heterocycles. The fraction of sp³-hybridized carbons (Fsp3) is 0.0526. The van der Waals surface area contributed by atoms with Crippen LogP contribution in [-0.4, -0.2) is 11.7 Å². The molecule has 1 heterocycles. The summed E-state index contributed by atoms with van der Waals surface area (Å²) >= 11 is 0. The summed E-state index contributed by atoms with van der Waals surface area (Å²) in [6.45, 7) is 0. The normalized spacial score (nSPS) is 11.1. The van der Waals surface area contributed by atoms with E-state index in [1.54, 1.807) is 7.11 Å². The number of hydrogen-bond donors (Lipinski definition) is 0. The predicted molar refractivity (Wildman–Crippen MR) is 87.3 cm³/mol. The lowest BCUT2D eigenvalue weighted by Crippen LogP contribution is -1.92. The molecule has 0 N–H and O–H groups in total. The number of fused-ring (bicyclic) bond motifs is 3. The van der Waals surface area contributed by atoms with E-state index >= 15 is 0 Å². The molecule has 0 fully saturated rings. The van der Waals surface area contributed by atoms with Crippen LogP contribution in [0.1, 0.15) is 0 Å². The minimum Gasteiger partial charge on any atom is -0.497 e. The van der Waals surface area contributed by atoms with E-state index in [0.717, 1.165) is 11.4 Å². The monoisotopic (exact) mass is 273 g/mol. The molecule has 0 spiro atoms. The van der Waals surface area contributed by atoms with Gasteiger partial charge in [0.05, 0.1) is 12.6 Å². The summed E-state index contributed by atoms with van der Waals surface area (Å²) in [5, 5.41) is 3.79. The molecule has 0 aliphatic rings. The molecule has 1 aromatic heterocycles. The smallest absolute Gasteiger partial charge is 0.119 e. The van der Waals surface area contributed by atoms with E-state index in [4.69, 9.17) is 4.74 Å². The average Bonchev–Trinajstić information content (AvgIpc) is 2.99. The second kappa shape index (κ2) is 4.67. The first-order valence-electron chi connectivity index (χ1n) is 7.00. The number of ether oxygens (including phenoxy) is 1. The maximum Gasteiger partial charge on any atom is 0.119 e. The lowest BCUT2D eigenvalue weighted by atomic mass is 10.1. The SMILES string of the molecule is COc1ccc(-n2ccc3ccc4ccccc4c32)cc1. The maximum absolute atomic E-state index is 5.23. The number of benzene rings is 3. The quantitative estimate of drug-likeness (QED) is 0.512. The second-order valence-corrected chi connectivity index (χ2v) is 5.11. The van der Waals surface area contributed by atoms with E-state index in [1.807, 2.05) is 12.1 Å². The first kappa shape index (κ1) is 12.0. The highest BCUT2D eigenvalue weighted by Gasteiger charge is 2.07. The van der Waals surface area contributed by atoms with Gasteiger partial charge in [0.25, 0.3) is 0 Å². The van der Waals surface area contributed by atoms with Crippen LogP contribution in [0, 0.1) is 0 Å². The summed E-state index contributed by atoms with van der Waals surface area (Å²) in [4.78, 5) is 0. The second-order valence-electron chi connectivity index (χ2n) is 5.11. The summed E-state index contributed by atoms with van der Waals surface area (Å²) in [5.41, 5.74) is 2.39. The molecule has 0 aliphatic heterocycles. The lowest BCUT2D eigenvalue weighted by molar-refractivity contribution is 0.415. The minimum atomic E-state index is 0.875. The molecule has 4 rings (SSSR count). The standard InChI is InChI=1S/C19H15NO/c1-21-17-10-8-16(9-11-17)20-13-12-15-7-6-14-4-2-3-5-18(14)19(15)20/h2-13H,1H3. The van der Waals surface area contributed by atoms with Gasteiger partial charge < -0.3 is 9.30 Å². The van der Waals surface area contributed by atoms with Crippen molar-refractivity contribution >= 4 is 21.7 Å². The maximum atomic E-state index is 5.23. The van der Waals surface area contributed by atoms with Crippen LogP contribution in [-0.2, 0) is 0 Å². The Hall–Kier alpha value is -2.74. The molecule has 0 amide bonds. The Balaban J connectivity index is 2.01. The van der Waals surface area contributed by atoms with Gasteiger partial charge in [-0.25, -0.2) is 0 Å². The lowest BCUT2D eigenvalue weighted by Gasteiger charge is -2.09. The first-order chi connectivity index (χ1) is 10.4. The van der Waals surface area contributed by atoms with Crippen LogP contribution in [0.25, 0.3) is 27.4 Å². The van der Waals surface area contributed by atoms with Crippen LogP contribution < -0.4 is 4.74 Å². The zero-order valence-corrected chi connectivity index (χ0v) is 11.8. The van der Waals surface area contributed by atoms with Gasteiger partial charge in [-0.1, -0.05) is 36.4 Å². The minimum absolute atomic E-state index is 0.875. The van der Waals surface area contributed by atoms with Crippen LogP contribution in [0.2, 0.25) is 0 Å². The van der Waals surface area contributed by atoms with Crippen molar-refractivity contribution in [3.63, 3.8) is 0 Å². The number of methoxy groups -OCH3 is 1. The summed E-state index contributed by atoms with van der Waals surface area (Å²) in [5.74, 6) is 0.875. The third-order valence-electron chi connectivity index (χ3n) is 3.93. The van der Waals surface area contributed by atoms with Gasteiger partial charge in [-0.3, -0.25) is 0 Å². The van der Waals surface area contributed by atoms with Gasteiger partial charge in [0, 0.05) is 22.7 Å². The summed E-state index contributed by atoms with van der Waals surface area (Å²) < 4.78 is 7.47. The van der Waals surface area contributed by atoms with Crippen LogP contribution in [0.4, 0.5) is 0 Å². The highest BCUT2D eigenvalue weighted by molar-refractivity contribution is 6.06. The molecule has 4 aromatic rings. The summed E-state index contributed by atoms with van der Waals surface area (Å²) in [6, 6.07) is 23.2. The van der Waals surface area contributed by atoms with Crippen molar-refractivity contribution in [3.8, 4) is 11.4 Å². The zero-order valence-electron chi connectivity index (χ0n) is 11.8. The highest BCUT2D eigenvalue weighted by atomic mass is 16.5. The van der Waals surface area contributed by atoms with E-state index in [2.05, 4.69) is 65.4 Å². The molecule has 0 bridgehead atoms. The molecule has 21 heavy (non-hydrogen) atoms. The van der Waals surface area contributed by atoms with E-state index in [9.17, 15) is 0 Å². The van der Waals surface area contributed by atoms with Crippen LogP contribution in [0.5, 0.6) is 5.75 Å². The number of rotatable bonds is 2. The van der Waals surface area contributed by atoms with Gasteiger partial charge in [-0.2, -0.15) is 0 Å². The van der Waals surface area contributed by atoms with Crippen molar-refractivity contribution in [1.82, 2.24) is 4.57 Å². The molecule has 3 aromatic carbocycles. The molecule has 0 radical (unpaired) electrons. The van der Waals surface area contributed by atoms with Crippen LogP contribution >= 0.6 is 0 Å². The molecular formula is C19H15NO. The van der Waals surface area contributed by atoms with Gasteiger partial charge in [-0.05, 0) is 35.7 Å². The van der Waals surface area contributed by atoms with E-state index < -0.39 is 0 Å². The van der Waals surface area contributed by atoms with Crippen LogP contribution in [0.15, 0.2) is 72.9 Å². The Labute approximate surface area is 123 Å². The molecular weight excluding hydrogens is 258 g/mol.